The minimum absolute atomic E-state index is 0.131. The van der Waals surface area contributed by atoms with Gasteiger partial charge in [0.2, 0.25) is 0 Å². The van der Waals surface area contributed by atoms with Crippen molar-refractivity contribution in [3.8, 4) is 5.75 Å². The molecule has 0 aromatic heterocycles. The first-order chi connectivity index (χ1) is 10.2. The Kier molecular flexibility index (Phi) is 4.15. The van der Waals surface area contributed by atoms with Gasteiger partial charge in [0, 0.05) is 19.0 Å². The molecule has 21 heavy (non-hydrogen) atoms. The molecule has 1 unspecified atom stereocenters. The number of rotatable bonds is 5. The van der Waals surface area contributed by atoms with Crippen LogP contribution in [0.1, 0.15) is 11.1 Å². The molecule has 110 valence electrons. The van der Waals surface area contributed by atoms with E-state index in [0.717, 1.165) is 24.8 Å². The van der Waals surface area contributed by atoms with E-state index >= 15 is 0 Å². The first-order valence-corrected chi connectivity index (χ1v) is 7.11. The third-order valence-electron chi connectivity index (χ3n) is 3.60. The van der Waals surface area contributed by atoms with Crippen molar-refractivity contribution in [2.45, 2.75) is 18.9 Å². The predicted octanol–water partition coefficient (Wildman–Crippen LogP) is 3.10. The monoisotopic (exact) mass is 289 g/mol. The maximum atomic E-state index is 13.1. The normalized spacial score (nSPS) is 16.6. The van der Waals surface area contributed by atoms with E-state index in [1.165, 1.54) is 17.7 Å². The van der Waals surface area contributed by atoms with Gasteiger partial charge in [0.15, 0.2) is 0 Å². The van der Waals surface area contributed by atoms with Crippen LogP contribution in [0.4, 0.5) is 8.78 Å². The lowest BCUT2D eigenvalue weighted by molar-refractivity contribution is 0.228. The quantitative estimate of drug-likeness (QED) is 0.854. The lowest BCUT2D eigenvalue weighted by Gasteiger charge is -2.12. The average Bonchev–Trinajstić information content (AvgIpc) is 2.85. The van der Waals surface area contributed by atoms with Gasteiger partial charge < -0.3 is 10.1 Å². The van der Waals surface area contributed by atoms with Gasteiger partial charge >= 0.3 is 0 Å². The van der Waals surface area contributed by atoms with Crippen LogP contribution in [0, 0.1) is 11.6 Å². The number of hydrogen-bond donors (Lipinski definition) is 1. The SMILES string of the molecule is Fc1cc(F)cc(CCNCC2Cc3ccccc3O2)c1. The van der Waals surface area contributed by atoms with E-state index in [2.05, 4.69) is 11.4 Å². The molecule has 0 fully saturated rings. The van der Waals surface area contributed by atoms with E-state index in [4.69, 9.17) is 4.74 Å². The number of hydrogen-bond acceptors (Lipinski definition) is 2. The van der Waals surface area contributed by atoms with Crippen LogP contribution in [0.15, 0.2) is 42.5 Å². The topological polar surface area (TPSA) is 21.3 Å². The second-order valence-corrected chi connectivity index (χ2v) is 5.28. The molecule has 1 N–H and O–H groups in total. The number of fused-ring (bicyclic) bond motifs is 1. The van der Waals surface area contributed by atoms with Crippen LogP contribution in [-0.2, 0) is 12.8 Å². The van der Waals surface area contributed by atoms with Gasteiger partial charge in [0.25, 0.3) is 0 Å². The Bertz CT molecular complexity index is 585. The van der Waals surface area contributed by atoms with Gasteiger partial charge in [0.05, 0.1) is 0 Å². The minimum atomic E-state index is -0.528. The van der Waals surface area contributed by atoms with Crippen molar-refractivity contribution < 1.29 is 13.5 Å². The molecule has 1 aliphatic rings. The summed E-state index contributed by atoms with van der Waals surface area (Å²) in [7, 11) is 0. The van der Waals surface area contributed by atoms with Gasteiger partial charge in [0.1, 0.15) is 23.5 Å². The maximum Gasteiger partial charge on any atom is 0.126 e. The van der Waals surface area contributed by atoms with Gasteiger partial charge in [-0.1, -0.05) is 18.2 Å². The third kappa shape index (κ3) is 3.58. The second kappa shape index (κ2) is 6.22. The van der Waals surface area contributed by atoms with Crippen molar-refractivity contribution in [2.24, 2.45) is 0 Å². The van der Waals surface area contributed by atoms with E-state index in [1.807, 2.05) is 18.2 Å². The molecule has 2 nitrogen and oxygen atoms in total. The first-order valence-electron chi connectivity index (χ1n) is 7.11. The lowest BCUT2D eigenvalue weighted by Crippen LogP contribution is -2.31. The van der Waals surface area contributed by atoms with E-state index in [-0.39, 0.29) is 6.10 Å². The van der Waals surface area contributed by atoms with E-state index in [0.29, 0.717) is 18.5 Å². The summed E-state index contributed by atoms with van der Waals surface area (Å²) in [5, 5.41) is 3.28. The molecule has 0 spiro atoms. The minimum Gasteiger partial charge on any atom is -0.488 e. The van der Waals surface area contributed by atoms with Crippen LogP contribution in [0.5, 0.6) is 5.75 Å². The fourth-order valence-electron chi connectivity index (χ4n) is 2.62. The molecule has 0 aliphatic carbocycles. The molecule has 2 aromatic carbocycles. The van der Waals surface area contributed by atoms with Crippen LogP contribution >= 0.6 is 0 Å². The zero-order chi connectivity index (χ0) is 14.7. The van der Waals surface area contributed by atoms with E-state index in [1.54, 1.807) is 0 Å². The molecular weight excluding hydrogens is 272 g/mol. The molecule has 1 atom stereocenters. The molecule has 0 saturated heterocycles. The van der Waals surface area contributed by atoms with Crippen molar-refractivity contribution in [1.82, 2.24) is 5.32 Å². The molecular formula is C17H17F2NO. The Balaban J connectivity index is 1.43. The lowest BCUT2D eigenvalue weighted by atomic mass is 10.1. The van der Waals surface area contributed by atoms with Crippen molar-refractivity contribution in [2.75, 3.05) is 13.1 Å². The standard InChI is InChI=1S/C17H17F2NO/c18-14-7-12(8-15(19)10-14)5-6-20-11-16-9-13-3-1-2-4-17(13)21-16/h1-4,7-8,10,16,20H,5-6,9,11H2. The zero-order valence-electron chi connectivity index (χ0n) is 11.6. The van der Waals surface area contributed by atoms with Gasteiger partial charge in [-0.05, 0) is 42.3 Å². The molecule has 3 rings (SSSR count). The second-order valence-electron chi connectivity index (χ2n) is 5.28. The van der Waals surface area contributed by atoms with E-state index in [9.17, 15) is 8.78 Å². The number of para-hydroxylation sites is 1. The van der Waals surface area contributed by atoms with Crippen molar-refractivity contribution >= 4 is 0 Å². The average molecular weight is 289 g/mol. The molecule has 0 amide bonds. The zero-order valence-corrected chi connectivity index (χ0v) is 11.6. The van der Waals surface area contributed by atoms with Crippen molar-refractivity contribution in [3.63, 3.8) is 0 Å². The summed E-state index contributed by atoms with van der Waals surface area (Å²) in [5.41, 5.74) is 1.90. The molecule has 0 bridgehead atoms. The van der Waals surface area contributed by atoms with Crippen molar-refractivity contribution in [3.05, 3.63) is 65.2 Å². The number of benzene rings is 2. The van der Waals surface area contributed by atoms with Crippen LogP contribution in [0.2, 0.25) is 0 Å². The molecule has 0 saturated carbocycles. The molecule has 1 heterocycles. The first kappa shape index (κ1) is 14.0. The maximum absolute atomic E-state index is 13.1. The fraction of sp³-hybridized carbons (Fsp3) is 0.294. The molecule has 2 aromatic rings. The Morgan fingerprint density at radius 1 is 1.10 bits per heavy atom. The summed E-state index contributed by atoms with van der Waals surface area (Å²) < 4.78 is 31.9. The van der Waals surface area contributed by atoms with Crippen LogP contribution in [0.3, 0.4) is 0 Å². The van der Waals surface area contributed by atoms with Crippen LogP contribution < -0.4 is 10.1 Å². The highest BCUT2D eigenvalue weighted by atomic mass is 19.1. The number of halogens is 2. The van der Waals surface area contributed by atoms with E-state index < -0.39 is 11.6 Å². The Labute approximate surface area is 122 Å². The summed E-state index contributed by atoms with van der Waals surface area (Å²) >= 11 is 0. The Morgan fingerprint density at radius 3 is 2.62 bits per heavy atom. The smallest absolute Gasteiger partial charge is 0.126 e. The molecule has 0 radical (unpaired) electrons. The highest BCUT2D eigenvalue weighted by Crippen LogP contribution is 2.27. The summed E-state index contributed by atoms with van der Waals surface area (Å²) in [6, 6.07) is 11.7. The number of ether oxygens (including phenoxy) is 1. The fourth-order valence-corrected chi connectivity index (χ4v) is 2.62. The largest absolute Gasteiger partial charge is 0.488 e. The van der Waals surface area contributed by atoms with Gasteiger partial charge in [-0.25, -0.2) is 8.78 Å². The Morgan fingerprint density at radius 2 is 1.86 bits per heavy atom. The highest BCUT2D eigenvalue weighted by molar-refractivity contribution is 5.37. The number of nitrogens with one attached hydrogen (secondary N) is 1. The van der Waals surface area contributed by atoms with Gasteiger partial charge in [-0.15, -0.1) is 0 Å². The van der Waals surface area contributed by atoms with Gasteiger partial charge in [-0.3, -0.25) is 0 Å². The van der Waals surface area contributed by atoms with Crippen molar-refractivity contribution in [1.29, 1.82) is 0 Å². The molecule has 1 aliphatic heterocycles. The van der Waals surface area contributed by atoms with Crippen LogP contribution in [-0.4, -0.2) is 19.2 Å². The molecule has 4 heteroatoms. The summed E-state index contributed by atoms with van der Waals surface area (Å²) in [5.74, 6) is -0.101. The van der Waals surface area contributed by atoms with Crippen LogP contribution in [0.25, 0.3) is 0 Å². The summed E-state index contributed by atoms with van der Waals surface area (Å²) in [6.45, 7) is 1.39. The predicted molar refractivity (Wildman–Crippen MR) is 77.5 cm³/mol. The third-order valence-corrected chi connectivity index (χ3v) is 3.60. The Hall–Kier alpha value is -1.94. The highest BCUT2D eigenvalue weighted by Gasteiger charge is 2.21. The summed E-state index contributed by atoms with van der Waals surface area (Å²) in [4.78, 5) is 0. The van der Waals surface area contributed by atoms with Gasteiger partial charge in [-0.2, -0.15) is 0 Å². The summed E-state index contributed by atoms with van der Waals surface area (Å²) in [6.07, 6.45) is 1.62.